The minimum atomic E-state index is -0.835. The molecule has 15 heavy (non-hydrogen) atoms. The summed E-state index contributed by atoms with van der Waals surface area (Å²) < 4.78 is 0. The molecule has 4 heteroatoms. The second-order valence-corrected chi connectivity index (χ2v) is 5.33. The summed E-state index contributed by atoms with van der Waals surface area (Å²) in [6, 6.07) is 3.57. The van der Waals surface area contributed by atoms with Crippen molar-refractivity contribution in [2.45, 2.75) is 20.4 Å². The molecule has 0 aliphatic rings. The summed E-state index contributed by atoms with van der Waals surface area (Å²) in [5.41, 5.74) is 0. The Balaban J connectivity index is 2.53. The predicted molar refractivity (Wildman–Crippen MR) is 62.5 cm³/mol. The summed E-state index contributed by atoms with van der Waals surface area (Å²) in [7, 11) is 2.06. The van der Waals surface area contributed by atoms with Crippen LogP contribution in [0.25, 0.3) is 0 Å². The minimum absolute atomic E-state index is 0.419. The number of carbonyl (C=O) groups is 1. The fourth-order valence-electron chi connectivity index (χ4n) is 1.53. The molecule has 0 aromatic carbocycles. The van der Waals surface area contributed by atoms with Crippen LogP contribution in [-0.4, -0.2) is 29.6 Å². The number of carboxylic acids is 1. The van der Waals surface area contributed by atoms with E-state index in [4.69, 9.17) is 5.11 Å². The van der Waals surface area contributed by atoms with Crippen molar-refractivity contribution in [2.75, 3.05) is 13.6 Å². The van der Waals surface area contributed by atoms with Crippen molar-refractivity contribution >= 4 is 17.3 Å². The molecule has 1 heterocycles. The molecular weight excluding hydrogens is 210 g/mol. The molecule has 0 radical (unpaired) electrons. The van der Waals surface area contributed by atoms with Gasteiger partial charge in [0.15, 0.2) is 0 Å². The van der Waals surface area contributed by atoms with Crippen LogP contribution in [0.3, 0.4) is 0 Å². The maximum atomic E-state index is 10.7. The predicted octanol–water partition coefficient (Wildman–Crippen LogP) is 2.53. The number of carboxylic acid groups (broad SMARTS) is 1. The molecule has 3 nitrogen and oxygen atoms in total. The third-order valence-corrected chi connectivity index (χ3v) is 3.03. The van der Waals surface area contributed by atoms with E-state index in [1.54, 1.807) is 6.07 Å². The van der Waals surface area contributed by atoms with Crippen LogP contribution in [0.4, 0.5) is 0 Å². The van der Waals surface area contributed by atoms with Crippen molar-refractivity contribution < 1.29 is 9.90 Å². The average Bonchev–Trinajstić information content (AvgIpc) is 2.50. The fraction of sp³-hybridized carbons (Fsp3) is 0.545. The second-order valence-electron chi connectivity index (χ2n) is 4.16. The van der Waals surface area contributed by atoms with Gasteiger partial charge in [0.2, 0.25) is 0 Å². The van der Waals surface area contributed by atoms with Crippen molar-refractivity contribution in [3.8, 4) is 0 Å². The molecule has 0 unspecified atom stereocenters. The monoisotopic (exact) mass is 227 g/mol. The van der Waals surface area contributed by atoms with E-state index in [0.717, 1.165) is 18.0 Å². The summed E-state index contributed by atoms with van der Waals surface area (Å²) in [4.78, 5) is 14.4. The Bertz CT molecular complexity index is 333. The summed E-state index contributed by atoms with van der Waals surface area (Å²) in [6.07, 6.45) is 0. The number of hydrogen-bond donors (Lipinski definition) is 1. The van der Waals surface area contributed by atoms with E-state index in [9.17, 15) is 4.79 Å². The standard InChI is InChI=1S/C11H17NO2S/c1-8(2)6-12(3)7-9-4-5-10(15-9)11(13)14/h4-5,8H,6-7H2,1-3H3,(H,13,14). The first kappa shape index (κ1) is 12.2. The van der Waals surface area contributed by atoms with Gasteiger partial charge in [-0.3, -0.25) is 0 Å². The number of hydrogen-bond acceptors (Lipinski definition) is 3. The highest BCUT2D eigenvalue weighted by Gasteiger charge is 2.09. The molecule has 0 atom stereocenters. The van der Waals surface area contributed by atoms with Gasteiger partial charge in [0, 0.05) is 18.0 Å². The molecule has 0 saturated heterocycles. The number of thiophene rings is 1. The second kappa shape index (κ2) is 5.28. The normalized spacial score (nSPS) is 11.3. The largest absolute Gasteiger partial charge is 0.477 e. The number of aromatic carboxylic acids is 1. The Hall–Kier alpha value is -0.870. The van der Waals surface area contributed by atoms with Gasteiger partial charge in [0.25, 0.3) is 0 Å². The van der Waals surface area contributed by atoms with Gasteiger partial charge in [-0.25, -0.2) is 4.79 Å². The molecule has 84 valence electrons. The lowest BCUT2D eigenvalue weighted by molar-refractivity contribution is 0.0702. The maximum Gasteiger partial charge on any atom is 0.345 e. The van der Waals surface area contributed by atoms with Crippen LogP contribution in [0.2, 0.25) is 0 Å². The molecule has 0 aliphatic carbocycles. The van der Waals surface area contributed by atoms with E-state index in [2.05, 4.69) is 25.8 Å². The van der Waals surface area contributed by atoms with E-state index in [1.165, 1.54) is 11.3 Å². The molecule has 0 fully saturated rings. The van der Waals surface area contributed by atoms with Gasteiger partial charge in [-0.1, -0.05) is 13.8 Å². The quantitative estimate of drug-likeness (QED) is 0.840. The molecule has 1 N–H and O–H groups in total. The first-order valence-corrected chi connectivity index (χ1v) is 5.81. The van der Waals surface area contributed by atoms with Crippen LogP contribution in [-0.2, 0) is 6.54 Å². The lowest BCUT2D eigenvalue weighted by Gasteiger charge is -2.17. The third-order valence-electron chi connectivity index (χ3n) is 1.98. The first-order chi connectivity index (χ1) is 6.99. The van der Waals surface area contributed by atoms with Crippen LogP contribution in [0, 0.1) is 5.92 Å². The van der Waals surface area contributed by atoms with Crippen LogP contribution in [0.5, 0.6) is 0 Å². The Kier molecular flexibility index (Phi) is 4.29. The lowest BCUT2D eigenvalue weighted by atomic mass is 10.2. The SMILES string of the molecule is CC(C)CN(C)Cc1ccc(C(=O)O)s1. The van der Waals surface area contributed by atoms with Gasteiger partial charge >= 0.3 is 5.97 Å². The topological polar surface area (TPSA) is 40.5 Å². The molecule has 0 aliphatic heterocycles. The van der Waals surface area contributed by atoms with E-state index in [1.807, 2.05) is 6.07 Å². The van der Waals surface area contributed by atoms with Crippen molar-refractivity contribution in [1.29, 1.82) is 0 Å². The molecule has 0 bridgehead atoms. The zero-order chi connectivity index (χ0) is 11.4. The third kappa shape index (κ3) is 4.01. The Labute approximate surface area is 94.3 Å². The van der Waals surface area contributed by atoms with Crippen molar-refractivity contribution in [1.82, 2.24) is 4.90 Å². The average molecular weight is 227 g/mol. The van der Waals surface area contributed by atoms with Crippen molar-refractivity contribution in [3.05, 3.63) is 21.9 Å². The Morgan fingerprint density at radius 2 is 2.20 bits per heavy atom. The molecule has 0 amide bonds. The zero-order valence-corrected chi connectivity index (χ0v) is 10.2. The highest BCUT2D eigenvalue weighted by atomic mass is 32.1. The Morgan fingerprint density at radius 3 is 2.67 bits per heavy atom. The molecule has 1 aromatic rings. The smallest absolute Gasteiger partial charge is 0.345 e. The van der Waals surface area contributed by atoms with E-state index in [0.29, 0.717) is 10.8 Å². The van der Waals surface area contributed by atoms with Crippen LogP contribution in [0.15, 0.2) is 12.1 Å². The van der Waals surface area contributed by atoms with Gasteiger partial charge in [-0.2, -0.15) is 0 Å². The molecule has 1 aromatic heterocycles. The highest BCUT2D eigenvalue weighted by molar-refractivity contribution is 7.13. The van der Waals surface area contributed by atoms with Gasteiger partial charge in [-0.05, 0) is 25.1 Å². The van der Waals surface area contributed by atoms with Gasteiger partial charge in [0.05, 0.1) is 0 Å². The highest BCUT2D eigenvalue weighted by Crippen LogP contribution is 2.18. The van der Waals surface area contributed by atoms with E-state index in [-0.39, 0.29) is 0 Å². The van der Waals surface area contributed by atoms with Gasteiger partial charge < -0.3 is 10.0 Å². The van der Waals surface area contributed by atoms with Crippen molar-refractivity contribution in [2.24, 2.45) is 5.92 Å². The summed E-state index contributed by atoms with van der Waals surface area (Å²) in [5.74, 6) is -0.202. The van der Waals surface area contributed by atoms with Crippen LogP contribution in [0.1, 0.15) is 28.4 Å². The lowest BCUT2D eigenvalue weighted by Crippen LogP contribution is -2.22. The van der Waals surface area contributed by atoms with Crippen LogP contribution >= 0.6 is 11.3 Å². The maximum absolute atomic E-state index is 10.7. The molecule has 0 saturated carbocycles. The molecule has 1 rings (SSSR count). The minimum Gasteiger partial charge on any atom is -0.477 e. The van der Waals surface area contributed by atoms with Crippen LogP contribution < -0.4 is 0 Å². The Morgan fingerprint density at radius 1 is 1.53 bits per heavy atom. The summed E-state index contributed by atoms with van der Waals surface area (Å²) in [5, 5.41) is 8.77. The summed E-state index contributed by atoms with van der Waals surface area (Å²) in [6.45, 7) is 6.21. The molecular formula is C11H17NO2S. The molecule has 0 spiro atoms. The van der Waals surface area contributed by atoms with Gasteiger partial charge in [-0.15, -0.1) is 11.3 Å². The van der Waals surface area contributed by atoms with E-state index >= 15 is 0 Å². The van der Waals surface area contributed by atoms with Gasteiger partial charge in [0.1, 0.15) is 4.88 Å². The fourth-order valence-corrected chi connectivity index (χ4v) is 2.46. The zero-order valence-electron chi connectivity index (χ0n) is 9.36. The summed E-state index contributed by atoms with van der Waals surface area (Å²) >= 11 is 1.36. The number of rotatable bonds is 5. The number of nitrogens with zero attached hydrogens (tertiary/aromatic N) is 1. The van der Waals surface area contributed by atoms with Crippen molar-refractivity contribution in [3.63, 3.8) is 0 Å². The van der Waals surface area contributed by atoms with E-state index < -0.39 is 5.97 Å². The first-order valence-electron chi connectivity index (χ1n) is 4.99.